The predicted molar refractivity (Wildman–Crippen MR) is 58.8 cm³/mol. The molecule has 0 spiro atoms. The van der Waals surface area contributed by atoms with Crippen LogP contribution in [0, 0.1) is 0 Å². The minimum Gasteiger partial charge on any atom is -0.299 e. The quantitative estimate of drug-likeness (QED) is 0.723. The lowest BCUT2D eigenvalue weighted by molar-refractivity contribution is 0.331. The first kappa shape index (κ1) is 9.41. The van der Waals surface area contributed by atoms with Gasteiger partial charge in [0.25, 0.3) is 0 Å². The second-order valence-corrected chi connectivity index (χ2v) is 3.78. The Labute approximate surface area is 85.3 Å². The highest BCUT2D eigenvalue weighted by Crippen LogP contribution is 2.12. The first-order valence-corrected chi connectivity index (χ1v) is 5.18. The van der Waals surface area contributed by atoms with E-state index in [4.69, 9.17) is 0 Å². The Bertz CT molecular complexity index is 314. The zero-order valence-corrected chi connectivity index (χ0v) is 8.45. The molecule has 0 aromatic carbocycles. The maximum atomic E-state index is 4.20. The SMILES string of the molecule is C=Cc1cc(CN2CCCC2)ccn1. The van der Waals surface area contributed by atoms with E-state index in [9.17, 15) is 0 Å². The van der Waals surface area contributed by atoms with Gasteiger partial charge in [0.2, 0.25) is 0 Å². The second kappa shape index (κ2) is 4.38. The van der Waals surface area contributed by atoms with Crippen LogP contribution in [-0.2, 0) is 6.54 Å². The van der Waals surface area contributed by atoms with Crippen LogP contribution in [0.3, 0.4) is 0 Å². The summed E-state index contributed by atoms with van der Waals surface area (Å²) >= 11 is 0. The van der Waals surface area contributed by atoms with Gasteiger partial charge in [-0.25, -0.2) is 0 Å². The summed E-state index contributed by atoms with van der Waals surface area (Å²) < 4.78 is 0. The van der Waals surface area contributed by atoms with Crippen LogP contribution in [-0.4, -0.2) is 23.0 Å². The van der Waals surface area contributed by atoms with E-state index >= 15 is 0 Å². The van der Waals surface area contributed by atoms with Crippen molar-refractivity contribution in [2.24, 2.45) is 0 Å². The van der Waals surface area contributed by atoms with Crippen molar-refractivity contribution in [1.29, 1.82) is 0 Å². The van der Waals surface area contributed by atoms with Crippen LogP contribution in [0.25, 0.3) is 6.08 Å². The fourth-order valence-electron chi connectivity index (χ4n) is 1.90. The van der Waals surface area contributed by atoms with Crippen molar-refractivity contribution < 1.29 is 0 Å². The Morgan fingerprint density at radius 2 is 2.21 bits per heavy atom. The zero-order chi connectivity index (χ0) is 9.80. The van der Waals surface area contributed by atoms with Crippen LogP contribution in [0.2, 0.25) is 0 Å². The third-order valence-electron chi connectivity index (χ3n) is 2.66. The molecule has 0 atom stereocenters. The van der Waals surface area contributed by atoms with E-state index in [0.29, 0.717) is 0 Å². The summed E-state index contributed by atoms with van der Waals surface area (Å²) in [5.74, 6) is 0. The molecule has 2 heteroatoms. The van der Waals surface area contributed by atoms with Crippen molar-refractivity contribution in [3.63, 3.8) is 0 Å². The molecule has 1 saturated heterocycles. The van der Waals surface area contributed by atoms with Gasteiger partial charge in [0.1, 0.15) is 0 Å². The van der Waals surface area contributed by atoms with E-state index in [1.54, 1.807) is 6.08 Å². The summed E-state index contributed by atoms with van der Waals surface area (Å²) in [5.41, 5.74) is 2.32. The maximum absolute atomic E-state index is 4.20. The average Bonchev–Trinajstić information content (AvgIpc) is 2.71. The summed E-state index contributed by atoms with van der Waals surface area (Å²) in [7, 11) is 0. The van der Waals surface area contributed by atoms with Crippen LogP contribution in [0.1, 0.15) is 24.1 Å². The smallest absolute Gasteiger partial charge is 0.0626 e. The molecule has 0 saturated carbocycles. The van der Waals surface area contributed by atoms with E-state index in [-0.39, 0.29) is 0 Å². The Morgan fingerprint density at radius 3 is 2.93 bits per heavy atom. The van der Waals surface area contributed by atoms with Gasteiger partial charge in [0.15, 0.2) is 0 Å². The number of aromatic nitrogens is 1. The number of hydrogen-bond acceptors (Lipinski definition) is 2. The first-order valence-electron chi connectivity index (χ1n) is 5.18. The molecular weight excluding hydrogens is 172 g/mol. The Morgan fingerprint density at radius 1 is 1.43 bits per heavy atom. The molecule has 1 aromatic rings. The molecule has 0 bridgehead atoms. The number of rotatable bonds is 3. The molecule has 14 heavy (non-hydrogen) atoms. The Hall–Kier alpha value is -1.15. The number of hydrogen-bond donors (Lipinski definition) is 0. The maximum Gasteiger partial charge on any atom is 0.0626 e. The normalized spacial score (nSPS) is 17.1. The summed E-state index contributed by atoms with van der Waals surface area (Å²) in [5, 5.41) is 0. The minimum absolute atomic E-state index is 0.974. The van der Waals surface area contributed by atoms with Gasteiger partial charge < -0.3 is 0 Å². The van der Waals surface area contributed by atoms with Crippen molar-refractivity contribution in [1.82, 2.24) is 9.88 Å². The molecule has 2 rings (SSSR count). The monoisotopic (exact) mass is 188 g/mol. The van der Waals surface area contributed by atoms with Crippen molar-refractivity contribution in [3.8, 4) is 0 Å². The van der Waals surface area contributed by atoms with Gasteiger partial charge in [-0.05, 0) is 49.7 Å². The molecule has 1 fully saturated rings. The molecule has 0 radical (unpaired) electrons. The lowest BCUT2D eigenvalue weighted by Crippen LogP contribution is -2.18. The topological polar surface area (TPSA) is 16.1 Å². The van der Waals surface area contributed by atoms with Gasteiger partial charge in [-0.15, -0.1) is 0 Å². The van der Waals surface area contributed by atoms with Crippen molar-refractivity contribution >= 4 is 6.08 Å². The molecule has 1 aliphatic heterocycles. The molecule has 0 unspecified atom stereocenters. The predicted octanol–water partition coefficient (Wildman–Crippen LogP) is 2.32. The number of pyridine rings is 1. The summed E-state index contributed by atoms with van der Waals surface area (Å²) in [6, 6.07) is 4.20. The van der Waals surface area contributed by atoms with Crippen LogP contribution in [0.4, 0.5) is 0 Å². The highest BCUT2D eigenvalue weighted by molar-refractivity contribution is 5.42. The number of likely N-dealkylation sites (tertiary alicyclic amines) is 1. The molecule has 74 valence electrons. The van der Waals surface area contributed by atoms with E-state index in [1.165, 1.54) is 31.5 Å². The van der Waals surface area contributed by atoms with Crippen LogP contribution >= 0.6 is 0 Å². The first-order chi connectivity index (χ1) is 6.88. The van der Waals surface area contributed by atoms with Crippen LogP contribution in [0.15, 0.2) is 24.9 Å². The Kier molecular flexibility index (Phi) is 2.94. The second-order valence-electron chi connectivity index (χ2n) is 3.78. The summed E-state index contributed by atoms with van der Waals surface area (Å²) in [4.78, 5) is 6.68. The van der Waals surface area contributed by atoms with Gasteiger partial charge in [-0.3, -0.25) is 9.88 Å². The highest BCUT2D eigenvalue weighted by Gasteiger charge is 2.11. The molecule has 0 N–H and O–H groups in total. The van der Waals surface area contributed by atoms with E-state index in [1.807, 2.05) is 6.20 Å². The zero-order valence-electron chi connectivity index (χ0n) is 8.45. The van der Waals surface area contributed by atoms with Crippen LogP contribution in [0.5, 0.6) is 0 Å². The average molecular weight is 188 g/mol. The van der Waals surface area contributed by atoms with E-state index in [0.717, 1.165) is 12.2 Å². The van der Waals surface area contributed by atoms with E-state index < -0.39 is 0 Å². The molecule has 0 amide bonds. The minimum atomic E-state index is 0.974. The third-order valence-corrected chi connectivity index (χ3v) is 2.66. The molecule has 1 aromatic heterocycles. The summed E-state index contributed by atoms with van der Waals surface area (Å²) in [6.07, 6.45) is 6.36. The van der Waals surface area contributed by atoms with Crippen molar-refractivity contribution in [2.45, 2.75) is 19.4 Å². The molecule has 0 aliphatic carbocycles. The van der Waals surface area contributed by atoms with Gasteiger partial charge in [-0.1, -0.05) is 6.58 Å². The van der Waals surface area contributed by atoms with Crippen molar-refractivity contribution in [3.05, 3.63) is 36.2 Å². The van der Waals surface area contributed by atoms with E-state index in [2.05, 4.69) is 28.6 Å². The van der Waals surface area contributed by atoms with Gasteiger partial charge in [0.05, 0.1) is 5.69 Å². The van der Waals surface area contributed by atoms with Gasteiger partial charge >= 0.3 is 0 Å². The van der Waals surface area contributed by atoms with Crippen molar-refractivity contribution in [2.75, 3.05) is 13.1 Å². The van der Waals surface area contributed by atoms with Gasteiger partial charge in [0, 0.05) is 12.7 Å². The highest BCUT2D eigenvalue weighted by atomic mass is 15.1. The number of nitrogens with zero attached hydrogens (tertiary/aromatic N) is 2. The fourth-order valence-corrected chi connectivity index (χ4v) is 1.90. The van der Waals surface area contributed by atoms with Gasteiger partial charge in [-0.2, -0.15) is 0 Å². The van der Waals surface area contributed by atoms with Crippen LogP contribution < -0.4 is 0 Å². The standard InChI is InChI=1S/C12H16N2/c1-2-12-9-11(5-6-13-12)10-14-7-3-4-8-14/h2,5-6,9H,1,3-4,7-8,10H2. The largest absolute Gasteiger partial charge is 0.299 e. The molecular formula is C12H16N2. The third kappa shape index (κ3) is 2.20. The Balaban J connectivity index is 2.04. The lowest BCUT2D eigenvalue weighted by Gasteiger charge is -2.14. The molecule has 2 heterocycles. The summed E-state index contributed by atoms with van der Waals surface area (Å²) in [6.45, 7) is 7.27. The molecule has 2 nitrogen and oxygen atoms in total. The molecule has 1 aliphatic rings. The fraction of sp³-hybridized carbons (Fsp3) is 0.417. The lowest BCUT2D eigenvalue weighted by atomic mass is 10.2.